The van der Waals surface area contributed by atoms with E-state index in [0.717, 1.165) is 10.2 Å². The summed E-state index contributed by atoms with van der Waals surface area (Å²) in [6.45, 7) is 13.3. The molecule has 0 spiro atoms. The Morgan fingerprint density at radius 2 is 1.39 bits per heavy atom. The molecular weight excluding hydrogens is 303 g/mol. The maximum atomic E-state index is 5.92. The number of ether oxygens (including phenoxy) is 1. The van der Waals surface area contributed by atoms with Crippen molar-refractivity contribution in [2.45, 2.75) is 52.4 Å². The van der Waals surface area contributed by atoms with Crippen molar-refractivity contribution in [1.82, 2.24) is 0 Å². The molecule has 18 heavy (non-hydrogen) atoms. The average molecular weight is 325 g/mol. The molecular formula is C15H22AlBrO+2. The van der Waals surface area contributed by atoms with Crippen molar-refractivity contribution in [3.8, 4) is 5.75 Å². The fourth-order valence-electron chi connectivity index (χ4n) is 1.95. The topological polar surface area (TPSA) is 9.23 Å². The van der Waals surface area contributed by atoms with Gasteiger partial charge in [0.15, 0.2) is 0 Å². The van der Waals surface area contributed by atoms with Crippen molar-refractivity contribution in [3.63, 3.8) is 0 Å². The molecule has 0 N–H and O–H groups in total. The minimum atomic E-state index is 0.0684. The first kappa shape index (κ1) is 16.1. The molecule has 96 valence electrons. The van der Waals surface area contributed by atoms with E-state index in [2.05, 4.69) is 85.9 Å². The van der Waals surface area contributed by atoms with Crippen LogP contribution in [0.5, 0.6) is 5.75 Å². The van der Waals surface area contributed by atoms with Gasteiger partial charge in [-0.25, -0.2) is 0 Å². The standard InChI is InChI=1S/C15H22BrO.Al/c1-14(2,3)11-8-10(16)9-12(13(11)17-7)15(4,5)6;/h8-9H,7H2,1-6H3;/q;+2. The first-order chi connectivity index (χ1) is 8.07. The first-order valence-corrected chi connectivity index (χ1v) is 7.85. The summed E-state index contributed by atoms with van der Waals surface area (Å²) in [5.41, 5.74) is 3.26. The summed E-state index contributed by atoms with van der Waals surface area (Å²) < 4.78 is 7.04. The van der Waals surface area contributed by atoms with Gasteiger partial charge in [0.1, 0.15) is 0 Å². The molecule has 1 aromatic rings. The van der Waals surface area contributed by atoms with Crippen molar-refractivity contribution in [2.24, 2.45) is 0 Å². The predicted octanol–water partition coefficient (Wildman–Crippen LogP) is 4.55. The number of hydrogen-bond donors (Lipinski definition) is 0. The summed E-state index contributed by atoms with van der Waals surface area (Å²) >= 11 is 6.26. The Morgan fingerprint density at radius 3 is 1.67 bits per heavy atom. The van der Waals surface area contributed by atoms with Crippen molar-refractivity contribution in [2.75, 3.05) is 5.47 Å². The molecule has 0 aromatic heterocycles. The summed E-state index contributed by atoms with van der Waals surface area (Å²) in [6, 6.07) is 4.34. The number of hydrogen-bond acceptors (Lipinski definition) is 1. The molecule has 0 aliphatic carbocycles. The van der Waals surface area contributed by atoms with Crippen molar-refractivity contribution >= 4 is 32.2 Å². The Bertz CT molecular complexity index is 392. The van der Waals surface area contributed by atoms with E-state index in [9.17, 15) is 0 Å². The van der Waals surface area contributed by atoms with Crippen LogP contribution in [0, 0.1) is 0 Å². The number of halogens is 1. The van der Waals surface area contributed by atoms with E-state index in [-0.39, 0.29) is 10.8 Å². The second-order valence-corrected chi connectivity index (χ2v) is 7.89. The third kappa shape index (κ3) is 3.76. The van der Waals surface area contributed by atoms with Gasteiger partial charge in [-0.05, 0) is 0 Å². The van der Waals surface area contributed by atoms with Crippen LogP contribution in [0.25, 0.3) is 0 Å². The first-order valence-electron chi connectivity index (χ1n) is 6.24. The zero-order chi connectivity index (χ0) is 14.1. The molecule has 0 unspecified atom stereocenters. The van der Waals surface area contributed by atoms with Crippen LogP contribution in [0.3, 0.4) is 0 Å². The van der Waals surface area contributed by atoms with Gasteiger partial charge in [-0.2, -0.15) is 0 Å². The van der Waals surface area contributed by atoms with Crippen LogP contribution in [0.4, 0.5) is 0 Å². The Hall–Kier alpha value is 0.0325. The van der Waals surface area contributed by atoms with Crippen LogP contribution in [0.2, 0.25) is 0 Å². The van der Waals surface area contributed by atoms with E-state index >= 15 is 0 Å². The van der Waals surface area contributed by atoms with Crippen molar-refractivity contribution in [3.05, 3.63) is 27.7 Å². The van der Waals surface area contributed by atoms with Crippen molar-refractivity contribution in [1.29, 1.82) is 0 Å². The zero-order valence-corrected chi connectivity index (χ0v) is 15.0. The maximum absolute atomic E-state index is 5.92. The second-order valence-electron chi connectivity index (χ2n) is 6.64. The monoisotopic (exact) mass is 324 g/mol. The third-order valence-electron chi connectivity index (χ3n) is 2.90. The molecule has 0 atom stereocenters. The molecule has 3 heteroatoms. The quantitative estimate of drug-likeness (QED) is 0.725. The van der Waals surface area contributed by atoms with Gasteiger partial charge in [0, 0.05) is 0 Å². The second kappa shape index (κ2) is 5.57. The van der Waals surface area contributed by atoms with E-state index in [1.165, 1.54) is 11.1 Å². The van der Waals surface area contributed by atoms with E-state index in [0.29, 0.717) is 5.47 Å². The summed E-state index contributed by atoms with van der Waals surface area (Å²) in [6.07, 6.45) is 0. The molecule has 0 bridgehead atoms. The normalized spacial score (nSPS) is 12.7. The fraction of sp³-hybridized carbons (Fsp3) is 0.600. The van der Waals surface area contributed by atoms with Crippen LogP contribution in [-0.4, -0.2) is 21.8 Å². The Kier molecular flexibility index (Phi) is 4.98. The molecule has 0 heterocycles. The van der Waals surface area contributed by atoms with E-state index in [1.807, 2.05) is 0 Å². The molecule has 0 saturated heterocycles. The van der Waals surface area contributed by atoms with Gasteiger partial charge in [-0.3, -0.25) is 0 Å². The molecule has 1 aromatic carbocycles. The molecule has 1 nitrogen and oxygen atoms in total. The van der Waals surface area contributed by atoms with E-state index in [4.69, 9.17) is 4.74 Å². The molecule has 0 aliphatic rings. The van der Waals surface area contributed by atoms with Gasteiger partial charge in [0.25, 0.3) is 0 Å². The summed E-state index contributed by atoms with van der Waals surface area (Å²) in [5, 5.41) is 0. The molecule has 0 radical (unpaired) electrons. The van der Waals surface area contributed by atoms with Crippen LogP contribution >= 0.6 is 15.9 Å². The third-order valence-corrected chi connectivity index (χ3v) is 3.52. The van der Waals surface area contributed by atoms with Gasteiger partial charge in [0.2, 0.25) is 0 Å². The summed E-state index contributed by atoms with van der Waals surface area (Å²) in [7, 11) is 0. The Labute approximate surface area is 128 Å². The molecule has 0 saturated carbocycles. The minimum absolute atomic E-state index is 0.0684. The van der Waals surface area contributed by atoms with Crippen LogP contribution in [0.15, 0.2) is 16.6 Å². The summed E-state index contributed by atoms with van der Waals surface area (Å²) in [5.74, 6) is 1.04. The zero-order valence-electron chi connectivity index (χ0n) is 12.2. The van der Waals surface area contributed by atoms with Gasteiger partial charge in [0.05, 0.1) is 0 Å². The number of benzene rings is 1. The summed E-state index contributed by atoms with van der Waals surface area (Å²) in [4.78, 5) is 0. The molecule has 0 amide bonds. The average Bonchev–Trinajstić information content (AvgIpc) is 2.17. The predicted molar refractivity (Wildman–Crippen MR) is 82.8 cm³/mol. The van der Waals surface area contributed by atoms with Gasteiger partial charge >= 0.3 is 128 Å². The van der Waals surface area contributed by atoms with Crippen LogP contribution < -0.4 is 4.74 Å². The Balaban J connectivity index is 3.56. The van der Waals surface area contributed by atoms with Gasteiger partial charge in [-0.1, -0.05) is 0 Å². The fourth-order valence-corrected chi connectivity index (χ4v) is 2.57. The van der Waals surface area contributed by atoms with Gasteiger partial charge < -0.3 is 0 Å². The van der Waals surface area contributed by atoms with E-state index < -0.39 is 0 Å². The number of rotatable bonds is 2. The van der Waals surface area contributed by atoms with Gasteiger partial charge in [-0.15, -0.1) is 0 Å². The van der Waals surface area contributed by atoms with E-state index in [1.54, 1.807) is 0 Å². The van der Waals surface area contributed by atoms with Crippen molar-refractivity contribution < 1.29 is 4.74 Å². The molecule has 0 fully saturated rings. The SMILES string of the molecule is CC(C)(C)c1cc(Br)cc(C(C)(C)C)c1O[CH2][Al+2]. The van der Waals surface area contributed by atoms with Crippen LogP contribution in [-0.2, 0) is 10.8 Å². The van der Waals surface area contributed by atoms with Crippen LogP contribution in [0.1, 0.15) is 52.7 Å². The molecule has 1 rings (SSSR count). The Morgan fingerprint density at radius 1 is 1.00 bits per heavy atom. The molecule has 0 aliphatic heterocycles.